The van der Waals surface area contributed by atoms with Crippen molar-refractivity contribution in [1.82, 2.24) is 4.98 Å². The van der Waals surface area contributed by atoms with Gasteiger partial charge in [-0.3, -0.25) is 4.79 Å². The first-order chi connectivity index (χ1) is 9.15. The lowest BCUT2D eigenvalue weighted by molar-refractivity contribution is 0.100. The number of rotatable bonds is 2. The fourth-order valence-electron chi connectivity index (χ4n) is 2.16. The van der Waals surface area contributed by atoms with Crippen molar-refractivity contribution in [2.45, 2.75) is 0 Å². The molecule has 0 aliphatic carbocycles. The van der Waals surface area contributed by atoms with E-state index in [1.807, 2.05) is 42.5 Å². The van der Waals surface area contributed by atoms with Crippen molar-refractivity contribution in [3.63, 3.8) is 0 Å². The average molecular weight is 271 g/mol. The highest BCUT2D eigenvalue weighted by Crippen LogP contribution is 2.27. The highest BCUT2D eigenvalue weighted by Gasteiger charge is 2.10. The summed E-state index contributed by atoms with van der Waals surface area (Å²) >= 11 is 5.87. The summed E-state index contributed by atoms with van der Waals surface area (Å²) in [5.41, 5.74) is 8.73. The molecular formula is C15H11ClN2O. The smallest absolute Gasteiger partial charge is 0.249 e. The standard InChI is InChI=1S/C15H11ClN2O/c16-10-6-4-9(5-7-10)14-8-12-11(15(17)19)2-1-3-13(12)18-14/h1-8,18H,(H2,17,19). The molecule has 2 aromatic carbocycles. The van der Waals surface area contributed by atoms with E-state index in [0.717, 1.165) is 22.2 Å². The van der Waals surface area contributed by atoms with Gasteiger partial charge in [0.2, 0.25) is 5.91 Å². The lowest BCUT2D eigenvalue weighted by atomic mass is 10.1. The van der Waals surface area contributed by atoms with Crippen LogP contribution >= 0.6 is 11.6 Å². The number of carbonyl (C=O) groups is 1. The van der Waals surface area contributed by atoms with Gasteiger partial charge >= 0.3 is 0 Å². The zero-order chi connectivity index (χ0) is 13.4. The zero-order valence-electron chi connectivity index (χ0n) is 9.98. The number of carbonyl (C=O) groups excluding carboxylic acids is 1. The lowest BCUT2D eigenvalue weighted by Crippen LogP contribution is -2.10. The monoisotopic (exact) mass is 270 g/mol. The minimum Gasteiger partial charge on any atom is -0.366 e. The van der Waals surface area contributed by atoms with E-state index in [4.69, 9.17) is 17.3 Å². The first-order valence-electron chi connectivity index (χ1n) is 5.82. The molecule has 0 fully saturated rings. The number of nitrogens with two attached hydrogens (primary N) is 1. The van der Waals surface area contributed by atoms with E-state index >= 15 is 0 Å². The van der Waals surface area contributed by atoms with Crippen LogP contribution in [0.1, 0.15) is 10.4 Å². The van der Waals surface area contributed by atoms with E-state index in [-0.39, 0.29) is 0 Å². The SMILES string of the molecule is NC(=O)c1cccc2[nH]c(-c3ccc(Cl)cc3)cc12. The van der Waals surface area contributed by atoms with Crippen LogP contribution in [0, 0.1) is 0 Å². The summed E-state index contributed by atoms with van der Waals surface area (Å²) in [6, 6.07) is 14.9. The number of halogens is 1. The van der Waals surface area contributed by atoms with Gasteiger partial charge in [-0.15, -0.1) is 0 Å². The van der Waals surface area contributed by atoms with Gasteiger partial charge in [-0.1, -0.05) is 29.8 Å². The Balaban J connectivity index is 2.19. The molecule has 1 amide bonds. The first kappa shape index (κ1) is 11.8. The van der Waals surface area contributed by atoms with Crippen LogP contribution in [0.25, 0.3) is 22.2 Å². The number of benzene rings is 2. The number of primary amides is 1. The van der Waals surface area contributed by atoms with E-state index in [1.165, 1.54) is 0 Å². The highest BCUT2D eigenvalue weighted by molar-refractivity contribution is 6.30. The fourth-order valence-corrected chi connectivity index (χ4v) is 2.28. The Hall–Kier alpha value is -2.26. The maximum atomic E-state index is 11.4. The minimum atomic E-state index is -0.424. The molecule has 0 saturated heterocycles. The molecule has 0 unspecified atom stereocenters. The molecule has 0 atom stereocenters. The number of aromatic amines is 1. The van der Waals surface area contributed by atoms with Gasteiger partial charge in [-0.05, 0) is 35.9 Å². The van der Waals surface area contributed by atoms with Crippen LogP contribution in [0.4, 0.5) is 0 Å². The fraction of sp³-hybridized carbons (Fsp3) is 0. The molecule has 94 valence electrons. The first-order valence-corrected chi connectivity index (χ1v) is 6.20. The maximum Gasteiger partial charge on any atom is 0.249 e. The van der Waals surface area contributed by atoms with Crippen LogP contribution < -0.4 is 5.73 Å². The topological polar surface area (TPSA) is 58.9 Å². The summed E-state index contributed by atoms with van der Waals surface area (Å²) in [6.07, 6.45) is 0. The van der Waals surface area contributed by atoms with Crippen LogP contribution in [-0.4, -0.2) is 10.9 Å². The number of fused-ring (bicyclic) bond motifs is 1. The molecule has 0 radical (unpaired) electrons. The van der Waals surface area contributed by atoms with Crippen molar-refractivity contribution in [3.8, 4) is 11.3 Å². The van der Waals surface area contributed by atoms with Crippen molar-refractivity contribution in [1.29, 1.82) is 0 Å². The Morgan fingerprint density at radius 1 is 1.11 bits per heavy atom. The number of amides is 1. The normalized spacial score (nSPS) is 10.8. The predicted molar refractivity (Wildman–Crippen MR) is 77.3 cm³/mol. The van der Waals surface area contributed by atoms with E-state index in [9.17, 15) is 4.79 Å². The third kappa shape index (κ3) is 2.09. The van der Waals surface area contributed by atoms with Crippen LogP contribution in [-0.2, 0) is 0 Å². The second-order valence-corrected chi connectivity index (χ2v) is 4.76. The summed E-state index contributed by atoms with van der Waals surface area (Å²) in [5.74, 6) is -0.424. The van der Waals surface area contributed by atoms with Gasteiger partial charge in [0.05, 0.1) is 0 Å². The van der Waals surface area contributed by atoms with E-state index in [2.05, 4.69) is 4.98 Å². The Morgan fingerprint density at radius 2 is 1.84 bits per heavy atom. The van der Waals surface area contributed by atoms with Crippen molar-refractivity contribution in [2.24, 2.45) is 5.73 Å². The molecule has 19 heavy (non-hydrogen) atoms. The van der Waals surface area contributed by atoms with Gasteiger partial charge in [0.15, 0.2) is 0 Å². The van der Waals surface area contributed by atoms with Crippen molar-refractivity contribution in [3.05, 3.63) is 59.1 Å². The number of H-pyrrole nitrogens is 1. The van der Waals surface area contributed by atoms with Crippen molar-refractivity contribution >= 4 is 28.4 Å². The van der Waals surface area contributed by atoms with Gasteiger partial charge < -0.3 is 10.7 Å². The number of hydrogen-bond donors (Lipinski definition) is 2. The quantitative estimate of drug-likeness (QED) is 0.734. The molecule has 3 rings (SSSR count). The predicted octanol–water partition coefficient (Wildman–Crippen LogP) is 3.59. The van der Waals surface area contributed by atoms with Crippen molar-refractivity contribution < 1.29 is 4.79 Å². The third-order valence-electron chi connectivity index (χ3n) is 3.08. The second-order valence-electron chi connectivity index (χ2n) is 4.32. The average Bonchev–Trinajstić information content (AvgIpc) is 2.82. The Bertz CT molecular complexity index is 759. The van der Waals surface area contributed by atoms with Gasteiger partial charge in [-0.2, -0.15) is 0 Å². The molecule has 3 nitrogen and oxygen atoms in total. The minimum absolute atomic E-state index is 0.424. The molecule has 3 N–H and O–H groups in total. The van der Waals surface area contributed by atoms with E-state index in [1.54, 1.807) is 6.07 Å². The third-order valence-corrected chi connectivity index (χ3v) is 3.34. The molecule has 0 saturated carbocycles. The molecular weight excluding hydrogens is 260 g/mol. The molecule has 4 heteroatoms. The maximum absolute atomic E-state index is 11.4. The molecule has 0 spiro atoms. The highest BCUT2D eigenvalue weighted by atomic mass is 35.5. The van der Waals surface area contributed by atoms with Crippen LogP contribution in [0.15, 0.2) is 48.5 Å². The summed E-state index contributed by atoms with van der Waals surface area (Å²) in [5, 5.41) is 1.53. The molecule has 3 aromatic rings. The van der Waals surface area contributed by atoms with E-state index < -0.39 is 5.91 Å². The molecule has 0 bridgehead atoms. The molecule has 0 aliphatic heterocycles. The Kier molecular flexibility index (Phi) is 2.76. The Labute approximate surface area is 115 Å². The van der Waals surface area contributed by atoms with E-state index in [0.29, 0.717) is 10.6 Å². The molecule has 1 aromatic heterocycles. The van der Waals surface area contributed by atoms with Crippen LogP contribution in [0.5, 0.6) is 0 Å². The second kappa shape index (κ2) is 4.44. The molecule has 0 aliphatic rings. The van der Waals surface area contributed by atoms with Gasteiger partial charge in [0, 0.05) is 27.2 Å². The van der Waals surface area contributed by atoms with Crippen molar-refractivity contribution in [2.75, 3.05) is 0 Å². The number of aromatic nitrogens is 1. The van der Waals surface area contributed by atoms with Gasteiger partial charge in [-0.25, -0.2) is 0 Å². The zero-order valence-corrected chi connectivity index (χ0v) is 10.7. The number of nitrogens with one attached hydrogen (secondary N) is 1. The largest absolute Gasteiger partial charge is 0.366 e. The summed E-state index contributed by atoms with van der Waals surface area (Å²) in [4.78, 5) is 14.7. The lowest BCUT2D eigenvalue weighted by Gasteiger charge is -1.96. The summed E-state index contributed by atoms with van der Waals surface area (Å²) in [6.45, 7) is 0. The van der Waals surface area contributed by atoms with Crippen LogP contribution in [0.2, 0.25) is 5.02 Å². The summed E-state index contributed by atoms with van der Waals surface area (Å²) in [7, 11) is 0. The van der Waals surface area contributed by atoms with Crippen LogP contribution in [0.3, 0.4) is 0 Å². The van der Waals surface area contributed by atoms with Gasteiger partial charge in [0.25, 0.3) is 0 Å². The molecule has 1 heterocycles. The Morgan fingerprint density at radius 3 is 2.53 bits per heavy atom. The van der Waals surface area contributed by atoms with Gasteiger partial charge in [0.1, 0.15) is 0 Å². The summed E-state index contributed by atoms with van der Waals surface area (Å²) < 4.78 is 0. The number of hydrogen-bond acceptors (Lipinski definition) is 1.